The maximum Gasteiger partial charge on any atom is 0.332 e. The van der Waals surface area contributed by atoms with Gasteiger partial charge in [-0.25, -0.2) is 9.59 Å². The number of rotatable bonds is 6. The van der Waals surface area contributed by atoms with Gasteiger partial charge in [-0.1, -0.05) is 31.9 Å². The molecule has 0 saturated carbocycles. The lowest BCUT2D eigenvalue weighted by atomic mass is 10.0. The van der Waals surface area contributed by atoms with Crippen molar-refractivity contribution >= 4 is 108 Å². The third-order valence-corrected chi connectivity index (χ3v) is 7.35. The highest BCUT2D eigenvalue weighted by Gasteiger charge is 2.22. The van der Waals surface area contributed by atoms with Gasteiger partial charge in [0, 0.05) is 21.8 Å². The van der Waals surface area contributed by atoms with Crippen LogP contribution in [0.3, 0.4) is 0 Å². The first kappa shape index (κ1) is 21.0. The number of halogens is 6. The Morgan fingerprint density at radius 2 is 0.900 bits per heavy atom. The van der Waals surface area contributed by atoms with E-state index in [1.165, 1.54) is 0 Å². The van der Waals surface area contributed by atoms with Crippen LogP contribution in [0.4, 0.5) is 0 Å². The van der Waals surface area contributed by atoms with Crippen molar-refractivity contribution in [3.05, 3.63) is 26.9 Å². The van der Waals surface area contributed by atoms with E-state index in [-0.39, 0.29) is 24.0 Å². The highest BCUT2D eigenvalue weighted by molar-refractivity contribution is 9.29. The summed E-state index contributed by atoms with van der Waals surface area (Å²) in [6, 6.07) is 0. The van der Waals surface area contributed by atoms with Crippen LogP contribution in [0.25, 0.3) is 0 Å². The van der Waals surface area contributed by atoms with Gasteiger partial charge in [-0.2, -0.15) is 0 Å². The molecule has 0 rings (SSSR count). The Morgan fingerprint density at radius 1 is 0.650 bits per heavy atom. The lowest BCUT2D eigenvalue weighted by Crippen LogP contribution is -2.12. The first-order valence-corrected chi connectivity index (χ1v) is 9.41. The smallest absolute Gasteiger partial charge is 0.332 e. The summed E-state index contributed by atoms with van der Waals surface area (Å²) in [6.45, 7) is 0. The van der Waals surface area contributed by atoms with Crippen LogP contribution in [-0.2, 0) is 9.59 Å². The van der Waals surface area contributed by atoms with Crippen LogP contribution >= 0.6 is 95.6 Å². The van der Waals surface area contributed by atoms with Crippen LogP contribution < -0.4 is 0 Å². The van der Waals surface area contributed by atoms with E-state index in [1.807, 2.05) is 0 Å². The highest BCUT2D eigenvalue weighted by atomic mass is 79.9. The minimum atomic E-state index is -1.29. The van der Waals surface area contributed by atoms with Gasteiger partial charge in [0.25, 0.3) is 0 Å². The molecule has 0 radical (unpaired) electrons. The van der Waals surface area contributed by atoms with Crippen LogP contribution in [0, 0.1) is 0 Å². The van der Waals surface area contributed by atoms with Crippen LogP contribution in [0.2, 0.25) is 0 Å². The number of carbonyl (C=O) groups is 2. The highest BCUT2D eigenvalue weighted by Crippen LogP contribution is 2.34. The van der Waals surface area contributed by atoms with Crippen LogP contribution in [0.5, 0.6) is 0 Å². The maximum absolute atomic E-state index is 11.3. The Bertz CT molecular complexity index is 466. The number of carboxylic acid groups (broad SMARTS) is 2. The van der Waals surface area contributed by atoms with E-state index < -0.39 is 11.9 Å². The Labute approximate surface area is 165 Å². The lowest BCUT2D eigenvalue weighted by molar-refractivity contribution is -0.136. The first-order chi connectivity index (χ1) is 9.07. The van der Waals surface area contributed by atoms with E-state index in [9.17, 15) is 19.8 Å². The summed E-state index contributed by atoms with van der Waals surface area (Å²) in [5.41, 5.74) is -0.419. The van der Waals surface area contributed by atoms with Gasteiger partial charge in [0.05, 0.1) is 17.9 Å². The molecular weight excluding hydrogens is 664 g/mol. The third-order valence-electron chi connectivity index (χ3n) is 1.95. The summed E-state index contributed by atoms with van der Waals surface area (Å²) in [6.07, 6.45) is -0.133. The predicted molar refractivity (Wildman–Crippen MR) is 99.1 cm³/mol. The molecule has 10 heteroatoms. The van der Waals surface area contributed by atoms with Crippen molar-refractivity contribution in [2.24, 2.45) is 0 Å². The van der Waals surface area contributed by atoms with Gasteiger partial charge in [-0.05, 0) is 63.7 Å². The Kier molecular flexibility index (Phi) is 10.5. The zero-order chi connectivity index (χ0) is 16.0. The zero-order valence-corrected chi connectivity index (χ0v) is 18.9. The molecule has 0 aromatic heterocycles. The zero-order valence-electron chi connectivity index (χ0n) is 9.39. The van der Waals surface area contributed by atoms with Gasteiger partial charge in [0.15, 0.2) is 0 Å². The summed E-state index contributed by atoms with van der Waals surface area (Å²) >= 11 is 18.9. The van der Waals surface area contributed by atoms with Crippen LogP contribution in [-0.4, -0.2) is 22.2 Å². The second-order valence-electron chi connectivity index (χ2n) is 3.25. The molecular formula is C10H6Br6O4. The van der Waals surface area contributed by atoms with Crippen LogP contribution in [0.15, 0.2) is 26.9 Å². The number of hydrogen-bond acceptors (Lipinski definition) is 2. The molecule has 0 atom stereocenters. The van der Waals surface area contributed by atoms with Gasteiger partial charge < -0.3 is 10.2 Å². The normalized spacial score (nSPS) is 11.5. The third kappa shape index (κ3) is 7.35. The monoisotopic (exact) mass is 664 g/mol. The van der Waals surface area contributed by atoms with E-state index in [2.05, 4.69) is 95.6 Å². The molecule has 0 aromatic carbocycles. The minimum absolute atomic E-state index is 0.0665. The average molecular weight is 670 g/mol. The minimum Gasteiger partial charge on any atom is -0.478 e. The van der Waals surface area contributed by atoms with Crippen molar-refractivity contribution in [3.63, 3.8) is 0 Å². The van der Waals surface area contributed by atoms with Crippen molar-refractivity contribution < 1.29 is 19.8 Å². The quantitative estimate of drug-likeness (QED) is 0.344. The van der Waals surface area contributed by atoms with Crippen molar-refractivity contribution in [2.75, 3.05) is 0 Å². The molecule has 0 aliphatic rings. The van der Waals surface area contributed by atoms with Gasteiger partial charge in [-0.3, -0.25) is 0 Å². The van der Waals surface area contributed by atoms with E-state index >= 15 is 0 Å². The molecule has 0 aliphatic carbocycles. The molecule has 0 unspecified atom stereocenters. The molecule has 0 heterocycles. The predicted octanol–water partition coefficient (Wildman–Crippen LogP) is 5.94. The molecule has 0 bridgehead atoms. The molecule has 112 valence electrons. The average Bonchev–Trinajstić information content (AvgIpc) is 2.31. The number of carboxylic acids is 2. The molecule has 0 fully saturated rings. The molecule has 0 spiro atoms. The molecule has 0 saturated heterocycles. The second-order valence-corrected chi connectivity index (χ2v) is 10.5. The van der Waals surface area contributed by atoms with E-state index in [0.717, 1.165) is 0 Å². The fourth-order valence-electron chi connectivity index (χ4n) is 1.07. The number of aliphatic carboxylic acids is 2. The van der Waals surface area contributed by atoms with Crippen molar-refractivity contribution in [3.8, 4) is 0 Å². The summed E-state index contributed by atoms with van der Waals surface area (Å²) in [5, 5.41) is 18.4. The second kappa shape index (κ2) is 9.94. The number of hydrogen-bond donors (Lipinski definition) is 2. The molecule has 0 aliphatic heterocycles. The van der Waals surface area contributed by atoms with Gasteiger partial charge >= 0.3 is 11.9 Å². The molecule has 2 N–H and O–H groups in total. The van der Waals surface area contributed by atoms with Crippen LogP contribution in [0.1, 0.15) is 12.8 Å². The van der Waals surface area contributed by atoms with E-state index in [4.69, 9.17) is 0 Å². The summed E-state index contributed by atoms with van der Waals surface area (Å²) in [4.78, 5) is 22.6. The first-order valence-electron chi connectivity index (χ1n) is 4.65. The van der Waals surface area contributed by atoms with Crippen molar-refractivity contribution in [1.82, 2.24) is 0 Å². The largest absolute Gasteiger partial charge is 0.478 e. The maximum atomic E-state index is 11.3. The van der Waals surface area contributed by atoms with Gasteiger partial charge in [0.2, 0.25) is 0 Å². The Morgan fingerprint density at radius 3 is 1.05 bits per heavy atom. The summed E-state index contributed by atoms with van der Waals surface area (Å²) in [7, 11) is 0. The molecule has 0 aromatic rings. The lowest BCUT2D eigenvalue weighted by Gasteiger charge is -2.09. The SMILES string of the molecule is O=C(O)/C(CC(Br)=C(Br)Br)=C(/CC(Br)=C(Br)Br)C(=O)O. The fraction of sp³-hybridized carbons (Fsp3) is 0.200. The summed E-state index contributed by atoms with van der Waals surface area (Å²) < 4.78 is 2.02. The van der Waals surface area contributed by atoms with Gasteiger partial charge in [-0.15, -0.1) is 0 Å². The fourth-order valence-corrected chi connectivity index (χ4v) is 2.19. The van der Waals surface area contributed by atoms with E-state index in [0.29, 0.717) is 15.7 Å². The molecule has 20 heavy (non-hydrogen) atoms. The van der Waals surface area contributed by atoms with Gasteiger partial charge in [0.1, 0.15) is 0 Å². The molecule has 0 amide bonds. The van der Waals surface area contributed by atoms with Crippen molar-refractivity contribution in [1.29, 1.82) is 0 Å². The standard InChI is InChI=1S/C10H6Br6O4/c11-5(7(13)14)1-3(9(17)18)4(10(19)20)2-6(12)8(15)16/h1-2H2,(H,17,18)(H,19,20)/b4-3-. The van der Waals surface area contributed by atoms with Crippen molar-refractivity contribution in [2.45, 2.75) is 12.8 Å². The summed E-state index contributed by atoms with van der Waals surface area (Å²) in [5.74, 6) is -2.57. The number of allylic oxidation sites excluding steroid dienone is 2. The topological polar surface area (TPSA) is 74.6 Å². The molecule has 4 nitrogen and oxygen atoms in total. The Hall–Kier alpha value is 1.04. The van der Waals surface area contributed by atoms with E-state index in [1.54, 1.807) is 0 Å². The Balaban J connectivity index is 5.83.